The van der Waals surface area contributed by atoms with E-state index in [9.17, 15) is 43.4 Å². The van der Waals surface area contributed by atoms with Gasteiger partial charge in [0.15, 0.2) is 17.7 Å². The minimum absolute atomic E-state index is 0.0487. The number of imidazole rings is 1. The minimum atomic E-state index is -5.65. The molecule has 2 aromatic heterocycles. The van der Waals surface area contributed by atoms with Crippen LogP contribution in [-0.4, -0.2) is 88.3 Å². The molecule has 3 heterocycles. The molecule has 0 saturated carbocycles. The van der Waals surface area contributed by atoms with E-state index in [4.69, 9.17) is 10.5 Å². The van der Waals surface area contributed by atoms with Crippen LogP contribution in [0.15, 0.2) is 37.0 Å². The van der Waals surface area contributed by atoms with Crippen molar-refractivity contribution in [1.29, 1.82) is 0 Å². The van der Waals surface area contributed by atoms with Crippen LogP contribution in [0, 0.1) is 5.92 Å². The van der Waals surface area contributed by atoms with E-state index in [1.165, 1.54) is 10.9 Å². The fourth-order valence-corrected chi connectivity index (χ4v) is 8.16. The Hall–Kier alpha value is -2.41. The Balaban J connectivity index is 1.17. The number of unbranched alkanes of at least 4 members (excludes halogenated alkanes) is 3. The maximum absolute atomic E-state index is 12.3. The molecule has 0 radical (unpaired) electrons. The van der Waals surface area contributed by atoms with Crippen LogP contribution in [0.4, 0.5) is 5.82 Å². The van der Waals surface area contributed by atoms with Crippen LogP contribution in [0.5, 0.6) is 0 Å². The molecular weight excluding hydrogens is 663 g/mol. The molecule has 20 nitrogen and oxygen atoms in total. The van der Waals surface area contributed by atoms with Gasteiger partial charge in [-0.15, -0.1) is 0 Å². The molecule has 3 unspecified atom stereocenters. The second-order valence-electron chi connectivity index (χ2n) is 9.95. The third-order valence-corrected chi connectivity index (χ3v) is 11.0. The first-order valence-corrected chi connectivity index (χ1v) is 18.1. The van der Waals surface area contributed by atoms with Crippen molar-refractivity contribution < 1.29 is 61.3 Å². The zero-order chi connectivity index (χ0) is 32.8. The zero-order valence-corrected chi connectivity index (χ0v) is 26.2. The number of hydrogen-bond acceptors (Lipinski definition) is 14. The molecule has 0 aromatic carbocycles. The average Bonchev–Trinajstić information content (AvgIpc) is 3.69. The topological polar surface area (TPSA) is 300 Å². The summed E-state index contributed by atoms with van der Waals surface area (Å²) in [5, 5.41) is 25.7. The van der Waals surface area contributed by atoms with Crippen LogP contribution < -0.4 is 16.1 Å². The summed E-state index contributed by atoms with van der Waals surface area (Å²) in [5.41, 5.74) is 6.09. The first-order valence-electron chi connectivity index (χ1n) is 13.6. The van der Waals surface area contributed by atoms with Crippen LogP contribution in [0.3, 0.4) is 0 Å². The molecule has 45 heavy (non-hydrogen) atoms. The largest absolute Gasteiger partial charge is 0.489 e. The van der Waals surface area contributed by atoms with Crippen LogP contribution in [-0.2, 0) is 36.4 Å². The summed E-state index contributed by atoms with van der Waals surface area (Å²) in [6.45, 7) is -0.587. The van der Waals surface area contributed by atoms with Crippen molar-refractivity contribution >= 4 is 46.3 Å². The molecule has 7 atom stereocenters. The lowest BCUT2D eigenvalue weighted by Crippen LogP contribution is -2.33. The van der Waals surface area contributed by atoms with E-state index >= 15 is 0 Å². The van der Waals surface area contributed by atoms with E-state index in [0.29, 0.717) is 32.2 Å². The van der Waals surface area contributed by atoms with Crippen LogP contribution >= 0.6 is 23.4 Å². The number of aromatic nitrogens is 4. The summed E-state index contributed by atoms with van der Waals surface area (Å²) in [7, 11) is -16.1. The van der Waals surface area contributed by atoms with Gasteiger partial charge in [-0.3, -0.25) is 13.9 Å². The number of carbonyl (C=O) groups is 1. The van der Waals surface area contributed by atoms with Gasteiger partial charge in [0.2, 0.25) is 5.91 Å². The predicted molar refractivity (Wildman–Crippen MR) is 155 cm³/mol. The van der Waals surface area contributed by atoms with Crippen LogP contribution in [0.25, 0.3) is 11.2 Å². The summed E-state index contributed by atoms with van der Waals surface area (Å²) in [6.07, 6.45) is 5.78. The highest BCUT2D eigenvalue weighted by atomic mass is 31.3. The van der Waals surface area contributed by atoms with Crippen molar-refractivity contribution in [2.45, 2.75) is 50.2 Å². The Kier molecular flexibility index (Phi) is 11.8. The first-order chi connectivity index (χ1) is 21.2. The number of nitrogens with two attached hydrogens (primary N) is 1. The summed E-state index contributed by atoms with van der Waals surface area (Å²) in [5.74, 6) is -0.326. The molecule has 1 aliphatic heterocycles. The predicted octanol–water partition coefficient (Wildman–Crippen LogP) is 0.387. The smallest absolute Gasteiger partial charge is 0.387 e. The highest BCUT2D eigenvalue weighted by molar-refractivity contribution is 7.67. The highest BCUT2D eigenvalue weighted by Crippen LogP contribution is 2.66. The number of phosphoric acid groups is 2. The van der Waals surface area contributed by atoms with Crippen molar-refractivity contribution in [2.24, 2.45) is 5.92 Å². The standard InChI is InChI=1S/C22H34N7O13P3/c23-19-16-20(26-12-25-19)29(13-27-16)22-18(31)17(30)15(40-22)11-39-44(35,36)42-45(37,38)41-43(33,34)28-10-6-2-1-5-9-24-21(32)14-7-3-4-8-14/h3-4,7-8,12-15,17-18,22,30-31H,1-2,5-6,9-11H2,(H,24,32)(H,35,36)(H,37,38)(H2,23,25,26)(H2,28,33,34)/t15-,17-,18-,22-/m1/s1. The van der Waals surface area contributed by atoms with Crippen LogP contribution in [0.1, 0.15) is 31.9 Å². The molecule has 250 valence electrons. The quantitative estimate of drug-likeness (QED) is 0.0818. The molecule has 1 saturated heterocycles. The van der Waals surface area contributed by atoms with E-state index in [1.54, 1.807) is 24.3 Å². The fourth-order valence-electron chi connectivity index (χ4n) is 4.42. The second kappa shape index (κ2) is 15.0. The van der Waals surface area contributed by atoms with Gasteiger partial charge in [0.05, 0.1) is 18.9 Å². The number of nitrogens with one attached hydrogen (secondary N) is 2. The third kappa shape index (κ3) is 9.79. The number of amides is 1. The van der Waals surface area contributed by atoms with Gasteiger partial charge in [0.1, 0.15) is 30.2 Å². The number of hydrogen-bond donors (Lipinski definition) is 8. The summed E-state index contributed by atoms with van der Waals surface area (Å²) < 4.78 is 56.4. The van der Waals surface area contributed by atoms with E-state index in [1.807, 2.05) is 5.09 Å². The number of fused-ring (bicyclic) bond motifs is 1. The molecule has 1 amide bonds. The lowest BCUT2D eigenvalue weighted by Gasteiger charge is -2.20. The Morgan fingerprint density at radius 1 is 0.956 bits per heavy atom. The molecular formula is C22H34N7O13P3. The van der Waals surface area contributed by atoms with Crippen molar-refractivity contribution in [2.75, 3.05) is 25.4 Å². The highest BCUT2D eigenvalue weighted by Gasteiger charge is 2.47. The number of rotatable bonds is 17. The number of allylic oxidation sites excluding steroid dienone is 2. The lowest BCUT2D eigenvalue weighted by atomic mass is 10.1. The van der Waals surface area contributed by atoms with Crippen molar-refractivity contribution in [3.8, 4) is 0 Å². The average molecular weight is 697 g/mol. The van der Waals surface area contributed by atoms with Gasteiger partial charge in [0.25, 0.3) is 0 Å². The normalized spacial score (nSPS) is 25.7. The van der Waals surface area contributed by atoms with Crippen LogP contribution in [0.2, 0.25) is 0 Å². The number of aliphatic hydroxyl groups excluding tert-OH is 2. The van der Waals surface area contributed by atoms with Gasteiger partial charge < -0.3 is 40.7 Å². The molecule has 9 N–H and O–H groups in total. The molecule has 1 aliphatic carbocycles. The van der Waals surface area contributed by atoms with E-state index < -0.39 is 54.5 Å². The molecule has 2 aliphatic rings. The van der Waals surface area contributed by atoms with Gasteiger partial charge in [-0.2, -0.15) is 8.62 Å². The number of phosphoric ester groups is 1. The van der Waals surface area contributed by atoms with Gasteiger partial charge in [-0.1, -0.05) is 37.1 Å². The molecule has 4 rings (SSSR count). The van der Waals surface area contributed by atoms with Crippen molar-refractivity contribution in [3.05, 3.63) is 37.0 Å². The van der Waals surface area contributed by atoms with E-state index in [0.717, 1.165) is 6.33 Å². The zero-order valence-electron chi connectivity index (χ0n) is 23.5. The Labute approximate surface area is 256 Å². The minimum Gasteiger partial charge on any atom is -0.387 e. The van der Waals surface area contributed by atoms with E-state index in [-0.39, 0.29) is 35.4 Å². The number of ether oxygens (including phenoxy) is 1. The number of nitrogens with zero attached hydrogens (tertiary/aromatic N) is 4. The number of aliphatic hydroxyl groups is 2. The van der Waals surface area contributed by atoms with Gasteiger partial charge in [-0.05, 0) is 12.8 Å². The number of anilines is 1. The Morgan fingerprint density at radius 2 is 1.64 bits per heavy atom. The lowest BCUT2D eigenvalue weighted by molar-refractivity contribution is -0.122. The molecule has 0 bridgehead atoms. The van der Waals surface area contributed by atoms with Gasteiger partial charge >= 0.3 is 23.4 Å². The summed E-state index contributed by atoms with van der Waals surface area (Å²) >= 11 is 0. The Bertz CT molecular complexity index is 1540. The van der Waals surface area contributed by atoms with Crippen molar-refractivity contribution in [3.63, 3.8) is 0 Å². The number of nitrogen functional groups attached to an aromatic ring is 1. The van der Waals surface area contributed by atoms with Gasteiger partial charge in [0, 0.05) is 13.1 Å². The first kappa shape index (κ1) is 35.4. The number of carbonyl (C=O) groups excluding carboxylic acids is 1. The molecule has 23 heteroatoms. The Morgan fingerprint density at radius 3 is 2.36 bits per heavy atom. The van der Waals surface area contributed by atoms with E-state index in [2.05, 4.69) is 33.4 Å². The summed E-state index contributed by atoms with van der Waals surface area (Å²) in [6, 6.07) is 0. The third-order valence-electron chi connectivity index (χ3n) is 6.59. The van der Waals surface area contributed by atoms with Gasteiger partial charge in [-0.25, -0.2) is 33.7 Å². The second-order valence-corrected chi connectivity index (χ2v) is 14.8. The van der Waals surface area contributed by atoms with Crippen molar-refractivity contribution in [1.82, 2.24) is 29.9 Å². The summed E-state index contributed by atoms with van der Waals surface area (Å²) in [4.78, 5) is 53.3. The maximum atomic E-state index is 12.3. The SMILES string of the molecule is Nc1ncnc2c1ncn2[C@@H]1O[C@H](COP(=O)(O)OP(=O)(O)OP(=O)(O)NCCCCCCNC(=O)C2C=CC=C2)[C@@H](O)[C@H]1O. The molecule has 0 spiro atoms. The maximum Gasteiger partial charge on any atom is 0.489 e. The fraction of sp³-hybridized carbons (Fsp3) is 0.545. The molecule has 2 aromatic rings. The molecule has 1 fully saturated rings. The monoisotopic (exact) mass is 697 g/mol.